The largest absolute Gasteiger partial charge is 0.480 e. The molecule has 0 fully saturated rings. The fourth-order valence-electron chi connectivity index (χ4n) is 3.59. The molecule has 0 aliphatic carbocycles. The van der Waals surface area contributed by atoms with E-state index in [0.717, 1.165) is 11.1 Å². The smallest absolute Gasteiger partial charge is 0.364 e. The zero-order valence-electron chi connectivity index (χ0n) is 20.8. The Hall–Kier alpha value is -4.12. The van der Waals surface area contributed by atoms with Crippen molar-refractivity contribution in [2.75, 3.05) is 12.1 Å². The van der Waals surface area contributed by atoms with Crippen LogP contribution in [0.4, 0.5) is 5.82 Å². The number of aromatic nitrogens is 4. The van der Waals surface area contributed by atoms with Crippen LogP contribution in [0.2, 0.25) is 0 Å². The summed E-state index contributed by atoms with van der Waals surface area (Å²) in [5, 5.41) is 16.2. The Bertz CT molecular complexity index is 1420. The van der Waals surface area contributed by atoms with Gasteiger partial charge in [-0.05, 0) is 13.8 Å². The molecular weight excluding hydrogens is 509 g/mol. The number of ether oxygens (including phenoxy) is 1. The molecule has 0 saturated carbocycles. The third-order valence-corrected chi connectivity index (χ3v) is 7.15. The maximum absolute atomic E-state index is 13.8. The second kappa shape index (κ2) is 12.0. The van der Waals surface area contributed by atoms with Crippen LogP contribution >= 0.6 is 7.52 Å². The minimum absolute atomic E-state index is 0.262. The quantitative estimate of drug-likeness (QED) is 0.138. The monoisotopic (exact) mass is 537 g/mol. The Morgan fingerprint density at radius 1 is 1.08 bits per heavy atom. The molecule has 3 atom stereocenters. The molecule has 13 heteroatoms. The second-order valence-corrected chi connectivity index (χ2v) is 10.6. The lowest BCUT2D eigenvalue weighted by Gasteiger charge is -2.22. The van der Waals surface area contributed by atoms with E-state index in [-0.39, 0.29) is 5.82 Å². The summed E-state index contributed by atoms with van der Waals surface area (Å²) in [5.41, 5.74) is 8.75. The molecule has 0 aliphatic rings. The molecule has 0 bridgehead atoms. The van der Waals surface area contributed by atoms with E-state index in [1.54, 1.807) is 17.8 Å². The lowest BCUT2D eigenvalue weighted by Crippen LogP contribution is -2.33. The van der Waals surface area contributed by atoms with Crippen LogP contribution in [0.1, 0.15) is 25.0 Å². The number of benzene rings is 2. The van der Waals surface area contributed by atoms with Gasteiger partial charge in [0, 0.05) is 11.1 Å². The van der Waals surface area contributed by atoms with Gasteiger partial charge in [-0.25, -0.2) is 20.0 Å². The van der Waals surface area contributed by atoms with Crippen LogP contribution in [0.25, 0.3) is 11.2 Å². The molecule has 2 aromatic heterocycles. The maximum Gasteiger partial charge on any atom is 0.364 e. The van der Waals surface area contributed by atoms with Gasteiger partial charge in [-0.1, -0.05) is 65.8 Å². The highest BCUT2D eigenvalue weighted by molar-refractivity contribution is 7.56. The molecule has 2 aromatic carbocycles. The number of aliphatic carboxylic acids is 1. The number of nitrogens with zero attached hydrogens (tertiary/aromatic N) is 5. The number of hydrogen-bond donors (Lipinski definition) is 3. The predicted molar refractivity (Wildman–Crippen MR) is 143 cm³/mol. The van der Waals surface area contributed by atoms with Crippen LogP contribution in [0.15, 0.2) is 78.5 Å². The first-order valence-corrected chi connectivity index (χ1v) is 13.6. The summed E-state index contributed by atoms with van der Waals surface area (Å²) in [6, 6.07) is 17.3. The number of nitrogens with one attached hydrogen (secondary N) is 1. The Labute approximate surface area is 219 Å². The summed E-state index contributed by atoms with van der Waals surface area (Å²) >= 11 is 0. The first-order valence-electron chi connectivity index (χ1n) is 11.8. The van der Waals surface area contributed by atoms with Crippen molar-refractivity contribution in [2.24, 2.45) is 5.16 Å². The normalized spacial score (nSPS) is 14.4. The molecule has 198 valence electrons. The summed E-state index contributed by atoms with van der Waals surface area (Å²) in [6.07, 6.45) is 1.99. The van der Waals surface area contributed by atoms with Crippen molar-refractivity contribution < 1.29 is 23.8 Å². The topological polar surface area (TPSA) is 167 Å². The van der Waals surface area contributed by atoms with Gasteiger partial charge in [-0.3, -0.25) is 9.36 Å². The van der Waals surface area contributed by atoms with Crippen molar-refractivity contribution in [1.82, 2.24) is 24.6 Å². The van der Waals surface area contributed by atoms with E-state index < -0.39 is 32.0 Å². The molecule has 38 heavy (non-hydrogen) atoms. The average molecular weight is 538 g/mol. The van der Waals surface area contributed by atoms with Crippen molar-refractivity contribution in [3.8, 4) is 0 Å². The Morgan fingerprint density at radius 2 is 1.71 bits per heavy atom. The predicted octanol–water partition coefficient (Wildman–Crippen LogP) is 3.50. The van der Waals surface area contributed by atoms with Gasteiger partial charge >= 0.3 is 13.5 Å². The van der Waals surface area contributed by atoms with E-state index >= 15 is 0 Å². The van der Waals surface area contributed by atoms with Crippen molar-refractivity contribution >= 4 is 36.2 Å². The highest BCUT2D eigenvalue weighted by atomic mass is 31.2. The van der Waals surface area contributed by atoms with Crippen LogP contribution < -0.4 is 10.8 Å². The summed E-state index contributed by atoms with van der Waals surface area (Å²) in [7, 11) is -3.93. The average Bonchev–Trinajstić information content (AvgIpc) is 3.33. The van der Waals surface area contributed by atoms with E-state index in [0.29, 0.717) is 23.4 Å². The molecule has 0 radical (unpaired) electrons. The van der Waals surface area contributed by atoms with E-state index in [2.05, 4.69) is 25.2 Å². The first-order chi connectivity index (χ1) is 18.3. The first kappa shape index (κ1) is 26.9. The SMILES string of the molecule is CC(Cn1cnc2c(N)ncnc21)OCP(=O)(NC(C)C(=O)O)ON=C(c1ccccc1)c1ccccc1. The molecule has 0 spiro atoms. The molecule has 2 heterocycles. The zero-order chi connectivity index (χ0) is 27.1. The fourth-order valence-corrected chi connectivity index (χ4v) is 5.13. The number of oxime groups is 1. The number of anilines is 1. The molecule has 4 aromatic rings. The lowest BCUT2D eigenvalue weighted by molar-refractivity contribution is -0.138. The van der Waals surface area contributed by atoms with Gasteiger partial charge in [-0.15, -0.1) is 0 Å². The molecule has 3 unspecified atom stereocenters. The van der Waals surface area contributed by atoms with Crippen LogP contribution in [0.3, 0.4) is 0 Å². The van der Waals surface area contributed by atoms with Gasteiger partial charge in [0.05, 0.1) is 19.0 Å². The highest BCUT2D eigenvalue weighted by Crippen LogP contribution is 2.44. The number of rotatable bonds is 12. The molecule has 0 saturated heterocycles. The van der Waals surface area contributed by atoms with Crippen LogP contribution in [0.5, 0.6) is 0 Å². The van der Waals surface area contributed by atoms with Crippen molar-refractivity contribution in [3.63, 3.8) is 0 Å². The molecular formula is C25H28N7O5P. The molecule has 0 aliphatic heterocycles. The molecule has 4 N–H and O–H groups in total. The van der Waals surface area contributed by atoms with Gasteiger partial charge in [0.15, 0.2) is 11.5 Å². The standard InChI is InChI=1S/C25H28N7O5P/c1-17(13-32-15-29-22-23(26)27-14-28-24(22)32)36-16-38(35,31-18(2)25(33)34)37-30-21(19-9-5-3-6-10-19)20-11-7-4-8-12-20/h3-12,14-15,17-18H,13,16H2,1-2H3,(H,31,35)(H,33,34)(H2,26,27,28). The lowest BCUT2D eigenvalue weighted by atomic mass is 10.0. The molecule has 0 amide bonds. The van der Waals surface area contributed by atoms with E-state index in [1.165, 1.54) is 13.3 Å². The van der Waals surface area contributed by atoms with Crippen LogP contribution in [0, 0.1) is 0 Å². The minimum Gasteiger partial charge on any atom is -0.480 e. The number of carbonyl (C=O) groups is 1. The van der Waals surface area contributed by atoms with Gasteiger partial charge in [-0.2, -0.15) is 0 Å². The van der Waals surface area contributed by atoms with E-state index in [1.807, 2.05) is 60.7 Å². The third kappa shape index (κ3) is 6.60. The van der Waals surface area contributed by atoms with Crippen molar-refractivity contribution in [3.05, 3.63) is 84.4 Å². The maximum atomic E-state index is 13.8. The number of nitrogen functional groups attached to an aromatic ring is 1. The van der Waals surface area contributed by atoms with Gasteiger partial charge in [0.1, 0.15) is 29.9 Å². The zero-order valence-corrected chi connectivity index (χ0v) is 21.7. The van der Waals surface area contributed by atoms with E-state index in [9.17, 15) is 14.5 Å². The van der Waals surface area contributed by atoms with Crippen molar-refractivity contribution in [1.29, 1.82) is 0 Å². The minimum atomic E-state index is -3.93. The molecule has 12 nitrogen and oxygen atoms in total. The molecule has 4 rings (SSSR count). The summed E-state index contributed by atoms with van der Waals surface area (Å²) in [4.78, 5) is 23.9. The summed E-state index contributed by atoms with van der Waals surface area (Å²) in [5.74, 6) is -0.933. The highest BCUT2D eigenvalue weighted by Gasteiger charge is 2.31. The second-order valence-electron chi connectivity index (χ2n) is 8.55. The fraction of sp³-hybridized carbons (Fsp3) is 0.240. The summed E-state index contributed by atoms with van der Waals surface area (Å²) < 4.78 is 26.9. The Morgan fingerprint density at radius 3 is 2.32 bits per heavy atom. The Balaban J connectivity index is 1.55. The van der Waals surface area contributed by atoms with Gasteiger partial charge in [0.2, 0.25) is 0 Å². The third-order valence-electron chi connectivity index (χ3n) is 5.53. The van der Waals surface area contributed by atoms with Gasteiger partial charge in [0.25, 0.3) is 0 Å². The van der Waals surface area contributed by atoms with E-state index in [4.69, 9.17) is 15.1 Å². The van der Waals surface area contributed by atoms with Crippen LogP contribution in [-0.4, -0.2) is 54.8 Å². The number of imidazole rings is 1. The number of fused-ring (bicyclic) bond motifs is 1. The number of nitrogens with two attached hydrogens (primary N) is 1. The Kier molecular flexibility index (Phi) is 8.47. The number of carboxylic acids is 1. The van der Waals surface area contributed by atoms with Gasteiger partial charge < -0.3 is 24.8 Å². The number of carboxylic acid groups (broad SMARTS) is 1. The summed E-state index contributed by atoms with van der Waals surface area (Å²) in [6.45, 7) is 3.44. The van der Waals surface area contributed by atoms with Crippen LogP contribution in [-0.2, 0) is 25.3 Å². The number of hydrogen-bond acceptors (Lipinski definition) is 9. The van der Waals surface area contributed by atoms with Crippen molar-refractivity contribution in [2.45, 2.75) is 32.5 Å².